The van der Waals surface area contributed by atoms with Gasteiger partial charge in [-0.2, -0.15) is 13.2 Å². The molecule has 1 aromatic rings. The highest BCUT2D eigenvalue weighted by Crippen LogP contribution is 2.39. The molecule has 3 atom stereocenters. The van der Waals surface area contributed by atoms with Gasteiger partial charge in [-0.05, 0) is 49.8 Å². The summed E-state index contributed by atoms with van der Waals surface area (Å²) in [6, 6.07) is -0.314. The fourth-order valence-corrected chi connectivity index (χ4v) is 4.28. The maximum absolute atomic E-state index is 13.0. The Morgan fingerprint density at radius 1 is 1.21 bits per heavy atom. The molecule has 1 aromatic heterocycles. The molecule has 1 unspecified atom stereocenters. The number of aromatic nitrogens is 2. The van der Waals surface area contributed by atoms with Gasteiger partial charge in [0, 0.05) is 38.1 Å². The smallest absolute Gasteiger partial charge is 0.416 e. The van der Waals surface area contributed by atoms with Gasteiger partial charge < -0.3 is 20.1 Å². The molecule has 2 aliphatic heterocycles. The van der Waals surface area contributed by atoms with Crippen molar-refractivity contribution in [2.75, 3.05) is 24.6 Å². The van der Waals surface area contributed by atoms with Gasteiger partial charge in [0.15, 0.2) is 6.23 Å². The van der Waals surface area contributed by atoms with E-state index >= 15 is 0 Å². The molecule has 180 valence electrons. The van der Waals surface area contributed by atoms with Crippen LogP contribution in [-0.4, -0.2) is 70.3 Å². The normalized spacial score (nSPS) is 25.8. The number of aliphatic hydroxyl groups is 1. The molecular formula is C22H28F3N5O3. The molecular weight excluding hydrogens is 439 g/mol. The van der Waals surface area contributed by atoms with Gasteiger partial charge in [0.2, 0.25) is 5.95 Å². The summed E-state index contributed by atoms with van der Waals surface area (Å²) < 4.78 is 44.2. The highest BCUT2D eigenvalue weighted by molar-refractivity contribution is 5.69. The minimum absolute atomic E-state index is 0.0739. The topological polar surface area (TPSA) is 90.8 Å². The van der Waals surface area contributed by atoms with E-state index in [0.717, 1.165) is 11.6 Å². The minimum Gasteiger partial charge on any atom is -0.449 e. The molecule has 0 radical (unpaired) electrons. The molecule has 33 heavy (non-hydrogen) atoms. The van der Waals surface area contributed by atoms with E-state index in [1.165, 1.54) is 19.0 Å². The van der Waals surface area contributed by atoms with Crippen LogP contribution in [0.25, 0.3) is 0 Å². The zero-order chi connectivity index (χ0) is 23.8. The second-order valence-electron chi connectivity index (χ2n) is 8.85. The van der Waals surface area contributed by atoms with Crippen LogP contribution >= 0.6 is 0 Å². The summed E-state index contributed by atoms with van der Waals surface area (Å²) in [6.07, 6.45) is 1.45. The molecule has 1 amide bonds. The minimum atomic E-state index is -4.64. The van der Waals surface area contributed by atoms with Crippen molar-refractivity contribution in [2.24, 2.45) is 0 Å². The first-order valence-corrected chi connectivity index (χ1v) is 11.1. The molecule has 0 spiro atoms. The van der Waals surface area contributed by atoms with Gasteiger partial charge >= 0.3 is 12.3 Å². The number of alkyl halides is 3. The molecule has 1 saturated carbocycles. The third-order valence-electron chi connectivity index (χ3n) is 6.13. The average molecular weight is 467 g/mol. The zero-order valence-electron chi connectivity index (χ0n) is 18.5. The van der Waals surface area contributed by atoms with Crippen molar-refractivity contribution in [1.29, 1.82) is 0 Å². The third kappa shape index (κ3) is 5.40. The van der Waals surface area contributed by atoms with Crippen molar-refractivity contribution < 1.29 is 27.8 Å². The van der Waals surface area contributed by atoms with Crippen LogP contribution in [-0.2, 0) is 4.74 Å². The Labute approximate surface area is 190 Å². The maximum Gasteiger partial charge on any atom is 0.416 e. The number of hydrogen-bond donors (Lipinski definition) is 2. The number of amides is 1. The van der Waals surface area contributed by atoms with E-state index in [4.69, 9.17) is 4.74 Å². The number of piperazine rings is 1. The second kappa shape index (κ2) is 9.20. The maximum atomic E-state index is 13.0. The third-order valence-corrected chi connectivity index (χ3v) is 6.13. The van der Waals surface area contributed by atoms with Crippen LogP contribution in [0.4, 0.5) is 23.9 Å². The molecule has 0 bridgehead atoms. The summed E-state index contributed by atoms with van der Waals surface area (Å²) in [5.41, 5.74) is 0.382. The van der Waals surface area contributed by atoms with E-state index in [2.05, 4.69) is 15.3 Å². The fraction of sp³-hybridized carbons (Fsp3) is 0.591. The summed E-state index contributed by atoms with van der Waals surface area (Å²) in [4.78, 5) is 25.4. The van der Waals surface area contributed by atoms with Crippen LogP contribution in [0.3, 0.4) is 0 Å². The predicted molar refractivity (Wildman–Crippen MR) is 114 cm³/mol. The largest absolute Gasteiger partial charge is 0.449 e. The number of carbonyl (C=O) groups is 1. The van der Waals surface area contributed by atoms with Crippen LogP contribution in [0, 0.1) is 0 Å². The molecule has 1 saturated heterocycles. The summed E-state index contributed by atoms with van der Waals surface area (Å²) in [5.74, 6) is 1.22. The Balaban J connectivity index is 1.29. The van der Waals surface area contributed by atoms with Gasteiger partial charge in [-0.25, -0.2) is 14.8 Å². The standard InChI is InChI=1S/C22H28F3N5O3/c1-13-11-29(20-27-9-17(10-28-20)16-3-4-16)12-14(2)30(13)21(32)33-6-5-15-7-18(22(23,24)25)19(31)26-8-15/h7-10,13-14,16,19,26,31H,3-6,11-12H2,1-2H3/t13-,14+,19?. The second-order valence-corrected chi connectivity index (χ2v) is 8.85. The van der Waals surface area contributed by atoms with Gasteiger partial charge in [0.25, 0.3) is 0 Å². The molecule has 0 aromatic carbocycles. The Morgan fingerprint density at radius 3 is 2.42 bits per heavy atom. The lowest BCUT2D eigenvalue weighted by atomic mass is 10.1. The summed E-state index contributed by atoms with van der Waals surface area (Å²) >= 11 is 0. The van der Waals surface area contributed by atoms with Crippen LogP contribution < -0.4 is 10.2 Å². The molecule has 2 fully saturated rings. The van der Waals surface area contributed by atoms with E-state index < -0.39 is 24.1 Å². The van der Waals surface area contributed by atoms with Crippen molar-refractivity contribution in [2.45, 2.75) is 63.5 Å². The first-order valence-electron chi connectivity index (χ1n) is 11.1. The molecule has 8 nitrogen and oxygen atoms in total. The number of hydrogen-bond acceptors (Lipinski definition) is 7. The van der Waals surface area contributed by atoms with Gasteiger partial charge in [0.05, 0.1) is 24.3 Å². The molecule has 3 aliphatic rings. The summed E-state index contributed by atoms with van der Waals surface area (Å²) in [6.45, 7) is 4.85. The Hall–Kier alpha value is -2.82. The van der Waals surface area contributed by atoms with Gasteiger partial charge in [-0.15, -0.1) is 0 Å². The molecule has 2 N–H and O–H groups in total. The van der Waals surface area contributed by atoms with Crippen molar-refractivity contribution >= 4 is 12.0 Å². The predicted octanol–water partition coefficient (Wildman–Crippen LogP) is 3.07. The van der Waals surface area contributed by atoms with Crippen molar-refractivity contribution in [1.82, 2.24) is 20.2 Å². The van der Waals surface area contributed by atoms with E-state index in [9.17, 15) is 23.1 Å². The van der Waals surface area contributed by atoms with Gasteiger partial charge in [0.1, 0.15) is 0 Å². The van der Waals surface area contributed by atoms with E-state index in [-0.39, 0.29) is 30.7 Å². The van der Waals surface area contributed by atoms with E-state index in [1.54, 1.807) is 4.90 Å². The van der Waals surface area contributed by atoms with Gasteiger partial charge in [-0.3, -0.25) is 4.90 Å². The highest BCUT2D eigenvalue weighted by atomic mass is 19.4. The SMILES string of the molecule is C[C@@H]1CN(c2ncc(C3CC3)cn2)C[C@H](C)N1C(=O)OCCC1=CNC(O)C(C(F)(F)F)=C1. The number of anilines is 1. The lowest BCUT2D eigenvalue weighted by molar-refractivity contribution is -0.107. The number of ether oxygens (including phenoxy) is 1. The summed E-state index contributed by atoms with van der Waals surface area (Å²) in [7, 11) is 0. The number of nitrogens with zero attached hydrogens (tertiary/aromatic N) is 4. The number of nitrogens with one attached hydrogen (secondary N) is 1. The lowest BCUT2D eigenvalue weighted by Gasteiger charge is -2.43. The monoisotopic (exact) mass is 467 g/mol. The highest BCUT2D eigenvalue weighted by Gasteiger charge is 2.39. The Kier molecular flexibility index (Phi) is 6.51. The Bertz CT molecular complexity index is 918. The zero-order valence-corrected chi connectivity index (χ0v) is 18.5. The molecule has 1 aliphatic carbocycles. The van der Waals surface area contributed by atoms with Crippen molar-refractivity contribution in [3.05, 3.63) is 41.4 Å². The number of halogens is 3. The first-order chi connectivity index (χ1) is 15.6. The first kappa shape index (κ1) is 23.3. The number of rotatable bonds is 5. The summed E-state index contributed by atoms with van der Waals surface area (Å²) in [5, 5.41) is 11.7. The number of dihydropyridines is 1. The van der Waals surface area contributed by atoms with Crippen LogP contribution in [0.5, 0.6) is 0 Å². The van der Waals surface area contributed by atoms with Crippen LogP contribution in [0.1, 0.15) is 44.6 Å². The number of allylic oxidation sites excluding steroid dienone is 1. The van der Waals surface area contributed by atoms with Crippen molar-refractivity contribution in [3.8, 4) is 0 Å². The van der Waals surface area contributed by atoms with Crippen molar-refractivity contribution in [3.63, 3.8) is 0 Å². The lowest BCUT2D eigenvalue weighted by Crippen LogP contribution is -2.59. The average Bonchev–Trinajstić information content (AvgIpc) is 3.59. The van der Waals surface area contributed by atoms with E-state index in [1.807, 2.05) is 31.1 Å². The molecule has 11 heteroatoms. The molecule has 4 rings (SSSR count). The van der Waals surface area contributed by atoms with Gasteiger partial charge in [-0.1, -0.05) is 0 Å². The van der Waals surface area contributed by atoms with Crippen LogP contribution in [0.2, 0.25) is 0 Å². The number of carbonyl (C=O) groups excluding carboxylic acids is 1. The van der Waals surface area contributed by atoms with E-state index in [0.29, 0.717) is 25.0 Å². The molecule has 3 heterocycles. The van der Waals surface area contributed by atoms with Crippen LogP contribution in [0.15, 0.2) is 35.8 Å². The quantitative estimate of drug-likeness (QED) is 0.688. The number of aliphatic hydroxyl groups excluding tert-OH is 1. The Morgan fingerprint density at radius 2 is 1.85 bits per heavy atom. The fourth-order valence-electron chi connectivity index (χ4n) is 4.28.